The fourth-order valence-electron chi connectivity index (χ4n) is 4.70. The number of nitrogens with zero attached hydrogens (tertiary/aromatic N) is 12. The Labute approximate surface area is 298 Å². The van der Waals surface area contributed by atoms with Crippen molar-refractivity contribution in [2.75, 3.05) is 58.7 Å². The minimum absolute atomic E-state index is 0.0876. The number of amides is 3. The molecule has 0 aliphatic carbocycles. The number of halogens is 1. The van der Waals surface area contributed by atoms with Gasteiger partial charge in [-0.25, -0.2) is 9.48 Å². The van der Waals surface area contributed by atoms with Gasteiger partial charge in [-0.05, 0) is 40.8 Å². The second-order valence-corrected chi connectivity index (χ2v) is 13.8. The Bertz CT molecular complexity index is 1540. The first-order chi connectivity index (χ1) is 23.9. The lowest BCUT2D eigenvalue weighted by Gasteiger charge is -2.23. The lowest BCUT2D eigenvalue weighted by molar-refractivity contribution is -0.132. The van der Waals surface area contributed by atoms with Crippen LogP contribution in [-0.4, -0.2) is 132 Å². The van der Waals surface area contributed by atoms with Crippen LogP contribution < -0.4 is 15.7 Å². The predicted octanol–water partition coefficient (Wildman–Crippen LogP) is 1.05. The van der Waals surface area contributed by atoms with E-state index in [0.717, 1.165) is 25.3 Å². The van der Waals surface area contributed by atoms with Gasteiger partial charge in [-0.3, -0.25) is 19.3 Å². The first-order valence-corrected chi connectivity index (χ1v) is 17.8. The third-order valence-corrected chi connectivity index (χ3v) is 8.50. The van der Waals surface area contributed by atoms with Crippen molar-refractivity contribution in [1.29, 1.82) is 0 Å². The molecular weight excluding hydrogens is 689 g/mol. The molecule has 2 aliphatic heterocycles. The van der Waals surface area contributed by atoms with Gasteiger partial charge in [-0.2, -0.15) is 0 Å². The lowest BCUT2D eigenvalue weighted by Crippen LogP contribution is -2.36. The Morgan fingerprint density at radius 3 is 2.34 bits per heavy atom. The average Bonchev–Trinajstić information content (AvgIpc) is 3.84. The highest BCUT2D eigenvalue weighted by molar-refractivity contribution is 7.33. The van der Waals surface area contributed by atoms with E-state index in [4.69, 9.17) is 16.3 Å². The van der Waals surface area contributed by atoms with Gasteiger partial charge < -0.3 is 34.9 Å². The second-order valence-electron chi connectivity index (χ2n) is 12.5. The summed E-state index contributed by atoms with van der Waals surface area (Å²) in [5, 5.41) is 36.2. The van der Waals surface area contributed by atoms with Crippen molar-refractivity contribution >= 4 is 38.4 Å². The molecule has 0 radical (unpaired) electrons. The van der Waals surface area contributed by atoms with E-state index in [2.05, 4.69) is 51.4 Å². The summed E-state index contributed by atoms with van der Waals surface area (Å²) >= 11 is 5.90. The molecule has 50 heavy (non-hydrogen) atoms. The largest absolute Gasteiger partial charge is 0.444 e. The number of hydrogen-bond acceptors (Lipinski definition) is 14. The Balaban J connectivity index is 1.40. The van der Waals surface area contributed by atoms with Crippen LogP contribution in [0.1, 0.15) is 39.1 Å². The number of rotatable bonds is 18. The molecule has 1 atom stereocenters. The molecular formula is C29H47ClN15O4P. The summed E-state index contributed by atoms with van der Waals surface area (Å²) in [4.78, 5) is 41.6. The number of alkyl carbamates (subject to hydrolysis) is 1. The van der Waals surface area contributed by atoms with Crippen molar-refractivity contribution in [2.45, 2.75) is 59.5 Å². The van der Waals surface area contributed by atoms with Crippen LogP contribution in [0.3, 0.4) is 0 Å². The SMILES string of the molecule is CCN1CC=C(CN(Cc2cn(CC(=O)N(CC3=CN(CCNC)PN3)Cc3cn(CCNC(=O)OC(C)(C)C)nn3)nn2)C(=O)CCl)N=N1. The number of aromatic nitrogens is 6. The summed E-state index contributed by atoms with van der Waals surface area (Å²) in [6.45, 7) is 11.8. The topological polar surface area (TPSA) is 196 Å². The molecule has 0 aromatic carbocycles. The lowest BCUT2D eigenvalue weighted by atomic mass is 10.2. The van der Waals surface area contributed by atoms with E-state index in [1.54, 1.807) is 47.8 Å². The molecule has 0 saturated heterocycles. The fraction of sp³-hybridized carbons (Fsp3) is 0.621. The van der Waals surface area contributed by atoms with Crippen molar-refractivity contribution in [1.82, 2.24) is 65.2 Å². The quantitative estimate of drug-likeness (QED) is 0.146. The Morgan fingerprint density at radius 1 is 1.00 bits per heavy atom. The van der Waals surface area contributed by atoms with Gasteiger partial charge in [0.1, 0.15) is 29.4 Å². The first-order valence-electron chi connectivity index (χ1n) is 16.3. The van der Waals surface area contributed by atoms with E-state index in [9.17, 15) is 14.4 Å². The predicted molar refractivity (Wildman–Crippen MR) is 186 cm³/mol. The summed E-state index contributed by atoms with van der Waals surface area (Å²) < 4.78 is 10.5. The zero-order valence-electron chi connectivity index (χ0n) is 29.2. The van der Waals surface area contributed by atoms with Crippen LogP contribution in [0.15, 0.2) is 46.4 Å². The number of nitrogens with one attached hydrogen (secondary N) is 3. The molecule has 274 valence electrons. The maximum Gasteiger partial charge on any atom is 0.407 e. The van der Waals surface area contributed by atoms with E-state index in [1.165, 1.54) is 9.58 Å². The molecule has 21 heteroatoms. The number of hydrogen-bond donors (Lipinski definition) is 3. The summed E-state index contributed by atoms with van der Waals surface area (Å²) in [6, 6.07) is 0. The van der Waals surface area contributed by atoms with Gasteiger partial charge in [0.05, 0.1) is 71.9 Å². The van der Waals surface area contributed by atoms with E-state index in [-0.39, 0.29) is 43.9 Å². The van der Waals surface area contributed by atoms with E-state index in [0.29, 0.717) is 52.1 Å². The fourth-order valence-corrected chi connectivity index (χ4v) is 5.75. The van der Waals surface area contributed by atoms with Gasteiger partial charge in [0, 0.05) is 32.4 Å². The molecule has 4 rings (SSSR count). The third kappa shape index (κ3) is 12.5. The molecule has 0 spiro atoms. The average molecular weight is 736 g/mol. The molecule has 4 heterocycles. The number of alkyl halides is 1. The van der Waals surface area contributed by atoms with Crippen LogP contribution >= 0.6 is 20.5 Å². The summed E-state index contributed by atoms with van der Waals surface area (Å²) in [6.07, 6.45) is 6.81. The number of carbonyl (C=O) groups excluding carboxylic acids is 3. The molecule has 0 fully saturated rings. The molecule has 3 N–H and O–H groups in total. The second kappa shape index (κ2) is 18.6. The monoisotopic (exact) mass is 735 g/mol. The van der Waals surface area contributed by atoms with E-state index >= 15 is 0 Å². The van der Waals surface area contributed by atoms with Gasteiger partial charge in [0.25, 0.3) is 0 Å². The Morgan fingerprint density at radius 2 is 1.70 bits per heavy atom. The summed E-state index contributed by atoms with van der Waals surface area (Å²) in [5.41, 5.74) is 2.03. The maximum atomic E-state index is 13.8. The van der Waals surface area contributed by atoms with Gasteiger partial charge >= 0.3 is 6.09 Å². The zero-order valence-corrected chi connectivity index (χ0v) is 30.9. The summed E-state index contributed by atoms with van der Waals surface area (Å²) in [7, 11) is 2.27. The van der Waals surface area contributed by atoms with Crippen LogP contribution in [0, 0.1) is 0 Å². The Hall–Kier alpha value is -4.35. The standard InChI is InChI=1S/C29H47ClN15O4P/c1-6-42-10-7-22(33-37-42)14-40(26(46)13-30)15-24-19-44(39-35-24)21-27(47)41(17-25-20-45(50-36-25)12-8-31-5)16-23-18-43(38-34-23)11-9-32-28(48)49-29(2,3)4/h7,18-20,31,36,50H,6,8-17,21H2,1-5H3,(H,32,48). The number of likely N-dealkylation sites (N-methyl/N-ethyl adjacent to an activating group) is 2. The normalized spacial score (nSPS) is 14.8. The molecule has 2 aliphatic rings. The van der Waals surface area contributed by atoms with Crippen molar-refractivity contribution in [3.63, 3.8) is 0 Å². The van der Waals surface area contributed by atoms with E-state index in [1.807, 2.05) is 26.2 Å². The van der Waals surface area contributed by atoms with Crippen LogP contribution in [0.5, 0.6) is 0 Å². The zero-order chi connectivity index (χ0) is 36.1. The van der Waals surface area contributed by atoms with Crippen molar-refractivity contribution in [3.05, 3.63) is 47.5 Å². The highest BCUT2D eigenvalue weighted by Crippen LogP contribution is 2.24. The van der Waals surface area contributed by atoms with Gasteiger partial charge in [-0.15, -0.1) is 26.9 Å². The number of carbonyl (C=O) groups is 3. The van der Waals surface area contributed by atoms with Gasteiger partial charge in [0.2, 0.25) is 11.8 Å². The molecule has 2 aromatic rings. The molecule has 2 aromatic heterocycles. The van der Waals surface area contributed by atoms with Crippen LogP contribution in [0.2, 0.25) is 0 Å². The van der Waals surface area contributed by atoms with Crippen LogP contribution in [0.4, 0.5) is 4.79 Å². The molecule has 0 bridgehead atoms. The van der Waals surface area contributed by atoms with Crippen molar-refractivity contribution < 1.29 is 19.1 Å². The van der Waals surface area contributed by atoms with Gasteiger partial charge in [0.15, 0.2) is 0 Å². The highest BCUT2D eigenvalue weighted by atomic mass is 35.5. The minimum Gasteiger partial charge on any atom is -0.444 e. The minimum atomic E-state index is -0.594. The third-order valence-electron chi connectivity index (χ3n) is 7.19. The van der Waals surface area contributed by atoms with Crippen LogP contribution in [0.25, 0.3) is 0 Å². The molecule has 0 saturated carbocycles. The molecule has 3 amide bonds. The van der Waals surface area contributed by atoms with Crippen molar-refractivity contribution in [3.8, 4) is 0 Å². The Kier molecular flexibility index (Phi) is 14.3. The van der Waals surface area contributed by atoms with Crippen molar-refractivity contribution in [2.24, 2.45) is 10.3 Å². The van der Waals surface area contributed by atoms with Gasteiger partial charge in [-0.1, -0.05) is 15.7 Å². The molecule has 19 nitrogen and oxygen atoms in total. The molecule has 1 unspecified atom stereocenters. The number of ether oxygens (including phenoxy) is 1. The highest BCUT2D eigenvalue weighted by Gasteiger charge is 2.23. The first kappa shape index (κ1) is 38.5. The summed E-state index contributed by atoms with van der Waals surface area (Å²) in [5.74, 6) is -0.702. The van der Waals surface area contributed by atoms with E-state index < -0.39 is 11.7 Å². The maximum absolute atomic E-state index is 13.8. The smallest absolute Gasteiger partial charge is 0.407 e. The van der Waals surface area contributed by atoms with Crippen LogP contribution in [-0.2, 0) is 40.5 Å².